The van der Waals surface area contributed by atoms with Gasteiger partial charge in [0.05, 0.1) is 6.54 Å². The Balaban J connectivity index is 1.57. The van der Waals surface area contributed by atoms with Crippen molar-refractivity contribution >= 4 is 28.7 Å². The Morgan fingerprint density at radius 2 is 1.81 bits per heavy atom. The molecule has 8 heteroatoms. The van der Waals surface area contributed by atoms with E-state index in [0.717, 1.165) is 32.6 Å². The van der Waals surface area contributed by atoms with E-state index in [-0.39, 0.29) is 30.7 Å². The molecule has 2 aliphatic rings. The van der Waals surface area contributed by atoms with Crippen LogP contribution in [0, 0.1) is 5.82 Å². The third-order valence-electron chi connectivity index (χ3n) is 6.11. The van der Waals surface area contributed by atoms with Crippen molar-refractivity contribution in [2.45, 2.75) is 25.6 Å². The van der Waals surface area contributed by atoms with Crippen LogP contribution in [0.4, 0.5) is 4.39 Å². The molecule has 1 fully saturated rings. The van der Waals surface area contributed by atoms with E-state index < -0.39 is 18.6 Å². The van der Waals surface area contributed by atoms with Crippen LogP contribution < -0.4 is 0 Å². The summed E-state index contributed by atoms with van der Waals surface area (Å²) in [4.78, 5) is 39.5. The molecule has 7 nitrogen and oxygen atoms in total. The number of hydrogen-bond acceptors (Lipinski definition) is 3. The molecule has 1 atom stereocenters. The molecule has 158 valence electrons. The molecule has 0 saturated carbocycles. The largest absolute Gasteiger partial charge is 0.480 e. The number of aromatic nitrogens is 1. The number of hydrogen-bond donors (Lipinski definition) is 1. The zero-order chi connectivity index (χ0) is 21.7. The van der Waals surface area contributed by atoms with Crippen molar-refractivity contribution in [2.24, 2.45) is 0 Å². The third-order valence-corrected chi connectivity index (χ3v) is 6.11. The topological polar surface area (TPSA) is 82.8 Å². The monoisotopic (exact) mass is 421 g/mol. The van der Waals surface area contributed by atoms with Crippen molar-refractivity contribution in [1.29, 1.82) is 0 Å². The van der Waals surface area contributed by atoms with Crippen molar-refractivity contribution in [1.82, 2.24) is 14.4 Å². The predicted molar refractivity (Wildman–Crippen MR) is 110 cm³/mol. The molecular weight excluding hydrogens is 401 g/mol. The SMILES string of the molecule is O=C(O)CN1CC(=O)N2Cc3c(c4ccccc4n3Cc3ccc(F)cc3)C[C@H]2C1=O. The van der Waals surface area contributed by atoms with E-state index >= 15 is 0 Å². The number of nitrogens with zero attached hydrogens (tertiary/aromatic N) is 3. The van der Waals surface area contributed by atoms with E-state index in [9.17, 15) is 18.8 Å². The van der Waals surface area contributed by atoms with Crippen LogP contribution in [0.3, 0.4) is 0 Å². The fourth-order valence-electron chi connectivity index (χ4n) is 4.69. The highest BCUT2D eigenvalue weighted by atomic mass is 19.1. The van der Waals surface area contributed by atoms with E-state index in [1.165, 1.54) is 12.1 Å². The van der Waals surface area contributed by atoms with E-state index in [0.29, 0.717) is 13.0 Å². The van der Waals surface area contributed by atoms with Gasteiger partial charge in [-0.1, -0.05) is 30.3 Å². The number of halogens is 1. The molecule has 0 bridgehead atoms. The Labute approximate surface area is 177 Å². The van der Waals surface area contributed by atoms with Gasteiger partial charge in [-0.05, 0) is 29.3 Å². The summed E-state index contributed by atoms with van der Waals surface area (Å²) < 4.78 is 15.5. The minimum absolute atomic E-state index is 0.227. The lowest BCUT2D eigenvalue weighted by atomic mass is 9.94. The first kappa shape index (κ1) is 19.3. The summed E-state index contributed by atoms with van der Waals surface area (Å²) in [5, 5.41) is 10.1. The quantitative estimate of drug-likeness (QED) is 0.699. The molecule has 0 aliphatic carbocycles. The highest BCUT2D eigenvalue weighted by Crippen LogP contribution is 2.35. The van der Waals surface area contributed by atoms with Gasteiger partial charge in [0.2, 0.25) is 11.8 Å². The zero-order valence-corrected chi connectivity index (χ0v) is 16.6. The highest BCUT2D eigenvalue weighted by molar-refractivity contribution is 5.98. The minimum Gasteiger partial charge on any atom is -0.480 e. The molecule has 0 radical (unpaired) electrons. The van der Waals surface area contributed by atoms with Crippen LogP contribution in [-0.4, -0.2) is 56.4 Å². The van der Waals surface area contributed by atoms with Crippen LogP contribution in [-0.2, 0) is 33.9 Å². The standard InChI is InChI=1S/C23H20FN3O4/c24-15-7-5-14(6-8-15)10-26-18-4-2-1-3-16(18)17-9-19-23(31)25(13-22(29)30)12-21(28)27(19)11-20(17)26/h1-8,19H,9-13H2,(H,29,30)/t19-/m0/s1. The maximum absolute atomic E-state index is 13.3. The number of para-hydroxylation sites is 1. The molecule has 1 aromatic heterocycles. The zero-order valence-electron chi connectivity index (χ0n) is 16.6. The Hall–Kier alpha value is -3.68. The average Bonchev–Trinajstić information content (AvgIpc) is 3.05. The second kappa shape index (κ2) is 7.23. The number of aliphatic carboxylic acids is 1. The summed E-state index contributed by atoms with van der Waals surface area (Å²) in [6, 6.07) is 13.5. The van der Waals surface area contributed by atoms with Gasteiger partial charge in [0.15, 0.2) is 0 Å². The predicted octanol–water partition coefficient (Wildman–Crippen LogP) is 2.01. The summed E-state index contributed by atoms with van der Waals surface area (Å²) >= 11 is 0. The number of benzene rings is 2. The first-order chi connectivity index (χ1) is 14.9. The maximum atomic E-state index is 13.3. The summed E-state index contributed by atoms with van der Waals surface area (Å²) in [7, 11) is 0. The van der Waals surface area contributed by atoms with Gasteiger partial charge in [-0.2, -0.15) is 0 Å². The molecule has 0 spiro atoms. The normalized spacial score (nSPS) is 18.3. The van der Waals surface area contributed by atoms with Gasteiger partial charge in [0, 0.05) is 29.6 Å². The summed E-state index contributed by atoms with van der Waals surface area (Å²) in [6.07, 6.45) is 0.340. The van der Waals surface area contributed by atoms with E-state index in [1.807, 2.05) is 24.3 Å². The highest BCUT2D eigenvalue weighted by Gasteiger charge is 2.44. The first-order valence-corrected chi connectivity index (χ1v) is 10.1. The number of amides is 2. The molecule has 2 aliphatic heterocycles. The fraction of sp³-hybridized carbons (Fsp3) is 0.261. The molecule has 2 amide bonds. The summed E-state index contributed by atoms with van der Waals surface area (Å²) in [5.74, 6) is -2.02. The molecule has 31 heavy (non-hydrogen) atoms. The molecule has 1 saturated heterocycles. The van der Waals surface area contributed by atoms with Crippen LogP contribution in [0.2, 0.25) is 0 Å². The van der Waals surface area contributed by atoms with Crippen molar-refractivity contribution in [3.8, 4) is 0 Å². The van der Waals surface area contributed by atoms with Crippen molar-refractivity contribution < 1.29 is 23.9 Å². The number of piperazine rings is 1. The van der Waals surface area contributed by atoms with Crippen LogP contribution in [0.25, 0.3) is 10.9 Å². The molecular formula is C23H20FN3O4. The summed E-state index contributed by atoms with van der Waals surface area (Å²) in [5.41, 5.74) is 3.87. The Bertz CT molecular complexity index is 1220. The Morgan fingerprint density at radius 1 is 1.06 bits per heavy atom. The summed E-state index contributed by atoms with van der Waals surface area (Å²) in [6.45, 7) is 0.0898. The van der Waals surface area contributed by atoms with Crippen molar-refractivity contribution in [3.63, 3.8) is 0 Å². The number of carbonyl (C=O) groups excluding carboxylic acids is 2. The molecule has 2 aromatic carbocycles. The van der Waals surface area contributed by atoms with Crippen molar-refractivity contribution in [3.05, 3.63) is 71.2 Å². The number of carboxylic acid groups (broad SMARTS) is 1. The van der Waals surface area contributed by atoms with Gasteiger partial charge < -0.3 is 19.5 Å². The first-order valence-electron chi connectivity index (χ1n) is 10.1. The maximum Gasteiger partial charge on any atom is 0.323 e. The van der Waals surface area contributed by atoms with Gasteiger partial charge in [-0.3, -0.25) is 14.4 Å². The van der Waals surface area contributed by atoms with Gasteiger partial charge in [0.25, 0.3) is 0 Å². The molecule has 5 rings (SSSR count). The smallest absolute Gasteiger partial charge is 0.323 e. The number of carbonyl (C=O) groups is 3. The minimum atomic E-state index is -1.14. The second-order valence-corrected chi connectivity index (χ2v) is 7.98. The second-order valence-electron chi connectivity index (χ2n) is 7.98. The average molecular weight is 421 g/mol. The van der Waals surface area contributed by atoms with Gasteiger partial charge in [-0.15, -0.1) is 0 Å². The number of rotatable bonds is 4. The molecule has 3 aromatic rings. The fourth-order valence-corrected chi connectivity index (χ4v) is 4.69. The Kier molecular flexibility index (Phi) is 4.50. The van der Waals surface area contributed by atoms with E-state index in [2.05, 4.69) is 4.57 Å². The van der Waals surface area contributed by atoms with Gasteiger partial charge in [-0.25, -0.2) is 4.39 Å². The molecule has 1 N–H and O–H groups in total. The molecule has 0 unspecified atom stereocenters. The lowest BCUT2D eigenvalue weighted by molar-refractivity contribution is -0.160. The van der Waals surface area contributed by atoms with Gasteiger partial charge >= 0.3 is 5.97 Å². The third kappa shape index (κ3) is 3.24. The van der Waals surface area contributed by atoms with E-state index in [4.69, 9.17) is 5.11 Å². The van der Waals surface area contributed by atoms with Crippen LogP contribution >= 0.6 is 0 Å². The van der Waals surface area contributed by atoms with Crippen molar-refractivity contribution in [2.75, 3.05) is 13.1 Å². The van der Waals surface area contributed by atoms with Crippen LogP contribution in [0.15, 0.2) is 48.5 Å². The van der Waals surface area contributed by atoms with Gasteiger partial charge in [0.1, 0.15) is 24.9 Å². The van der Waals surface area contributed by atoms with Crippen LogP contribution in [0.5, 0.6) is 0 Å². The lowest BCUT2D eigenvalue weighted by Gasteiger charge is -2.42. The lowest BCUT2D eigenvalue weighted by Crippen LogP contribution is -2.62. The van der Waals surface area contributed by atoms with Crippen LogP contribution in [0.1, 0.15) is 16.8 Å². The Morgan fingerprint density at radius 3 is 2.55 bits per heavy atom. The van der Waals surface area contributed by atoms with E-state index in [1.54, 1.807) is 17.0 Å². The number of fused-ring (bicyclic) bond motifs is 4. The number of carboxylic acids is 1. The molecule has 3 heterocycles.